The maximum absolute atomic E-state index is 13.2. The number of Topliss-reactive ketones (excluding diaryl/α,β-unsaturated/α-hetero) is 1. The summed E-state index contributed by atoms with van der Waals surface area (Å²) in [7, 11) is -2.00. The summed E-state index contributed by atoms with van der Waals surface area (Å²) in [5.74, 6) is 1.52. The number of allylic oxidation sites excluding steroid dienone is 6. The van der Waals surface area contributed by atoms with Crippen LogP contribution in [0.2, 0.25) is 18.1 Å². The molecule has 1 aliphatic rings. The zero-order valence-electron chi connectivity index (χ0n) is 24.9. The average molecular weight is 590 g/mol. The number of hydrogen-bond donors (Lipinski definition) is 0. The minimum atomic E-state index is -2.00. The highest BCUT2D eigenvalue weighted by molar-refractivity contribution is 9.10. The van der Waals surface area contributed by atoms with Crippen LogP contribution < -0.4 is 9.16 Å². The molecule has 0 fully saturated rings. The SMILES string of the molecule is CC(C)=CCC/C(C)=C/CC/C(C)=C/CCC1(C)CC(=O)c2cc(O[Si](C)(C)C(C)(C)C)cc(Br)c2O1. The molecule has 1 heterocycles. The van der Waals surface area contributed by atoms with Gasteiger partial charge in [0.1, 0.15) is 17.1 Å². The first-order chi connectivity index (χ1) is 17.0. The summed E-state index contributed by atoms with van der Waals surface area (Å²) in [5.41, 5.74) is 4.37. The molecule has 0 aliphatic carbocycles. The molecule has 1 aromatic rings. The van der Waals surface area contributed by atoms with Crippen LogP contribution >= 0.6 is 15.9 Å². The van der Waals surface area contributed by atoms with Gasteiger partial charge in [0.15, 0.2) is 5.78 Å². The van der Waals surface area contributed by atoms with Crippen molar-refractivity contribution < 1.29 is 14.0 Å². The summed E-state index contributed by atoms with van der Waals surface area (Å²) in [4.78, 5) is 13.2. The highest BCUT2D eigenvalue weighted by Gasteiger charge is 2.41. The van der Waals surface area contributed by atoms with Crippen molar-refractivity contribution in [3.8, 4) is 11.5 Å². The van der Waals surface area contributed by atoms with Crippen molar-refractivity contribution in [1.82, 2.24) is 0 Å². The van der Waals surface area contributed by atoms with Gasteiger partial charge in [0.05, 0.1) is 16.5 Å². The Hall–Kier alpha value is -1.59. The van der Waals surface area contributed by atoms with Gasteiger partial charge in [-0.2, -0.15) is 0 Å². The fraction of sp³-hybridized carbons (Fsp3) is 0.594. The number of ether oxygens (including phenoxy) is 1. The maximum atomic E-state index is 13.2. The van der Waals surface area contributed by atoms with Crippen molar-refractivity contribution in [2.45, 2.75) is 124 Å². The van der Waals surface area contributed by atoms with E-state index in [1.807, 2.05) is 12.1 Å². The predicted molar refractivity (Wildman–Crippen MR) is 165 cm³/mol. The maximum Gasteiger partial charge on any atom is 0.250 e. The van der Waals surface area contributed by atoms with E-state index in [-0.39, 0.29) is 10.8 Å². The first kappa shape index (κ1) is 31.6. The Balaban J connectivity index is 1.99. The molecule has 1 aromatic carbocycles. The Morgan fingerprint density at radius 1 is 1.03 bits per heavy atom. The van der Waals surface area contributed by atoms with Crippen LogP contribution in [0.4, 0.5) is 0 Å². The van der Waals surface area contributed by atoms with Crippen LogP contribution in [0.15, 0.2) is 51.6 Å². The summed E-state index contributed by atoms with van der Waals surface area (Å²) in [6.07, 6.45) is 13.5. The lowest BCUT2D eigenvalue weighted by Gasteiger charge is -2.38. The molecule has 0 N–H and O–H groups in total. The number of fused-ring (bicyclic) bond motifs is 1. The highest BCUT2D eigenvalue weighted by Crippen LogP contribution is 2.44. The molecular weight excluding hydrogens is 540 g/mol. The summed E-state index contributed by atoms with van der Waals surface area (Å²) < 4.78 is 13.7. The second-order valence-electron chi connectivity index (χ2n) is 12.8. The van der Waals surface area contributed by atoms with Crippen molar-refractivity contribution in [3.63, 3.8) is 0 Å². The molecule has 5 heteroatoms. The van der Waals surface area contributed by atoms with Crippen LogP contribution in [0.3, 0.4) is 0 Å². The standard InChI is InChI=1S/C32H49BrO3Si/c1-23(2)14-11-15-24(3)16-12-17-25(4)18-13-19-32(8)22-29(34)27-20-26(21-28(33)30(27)35-32)36-37(9,10)31(5,6)7/h14,16,18,20-21H,11-13,15,17,19,22H2,1-10H3/b24-16+,25-18+. The second kappa shape index (κ2) is 13.0. The van der Waals surface area contributed by atoms with Gasteiger partial charge in [-0.25, -0.2) is 0 Å². The van der Waals surface area contributed by atoms with E-state index in [1.165, 1.54) is 16.7 Å². The van der Waals surface area contributed by atoms with Gasteiger partial charge in [0, 0.05) is 0 Å². The second-order valence-corrected chi connectivity index (χ2v) is 18.4. The molecular formula is C32H49BrO3Si. The first-order valence-corrected chi connectivity index (χ1v) is 17.4. The molecule has 1 unspecified atom stereocenters. The van der Waals surface area contributed by atoms with Gasteiger partial charge in [0.25, 0.3) is 0 Å². The summed E-state index contributed by atoms with van der Waals surface area (Å²) in [6, 6.07) is 3.83. The third kappa shape index (κ3) is 9.58. The third-order valence-electron chi connectivity index (χ3n) is 7.67. The molecule has 0 radical (unpaired) electrons. The normalized spacial score (nSPS) is 18.8. The number of carbonyl (C=O) groups excluding carboxylic acids is 1. The molecule has 0 saturated carbocycles. The molecule has 0 bridgehead atoms. The monoisotopic (exact) mass is 588 g/mol. The molecule has 1 aliphatic heterocycles. The van der Waals surface area contributed by atoms with E-state index >= 15 is 0 Å². The van der Waals surface area contributed by atoms with E-state index in [2.05, 4.69) is 103 Å². The molecule has 0 aromatic heterocycles. The first-order valence-electron chi connectivity index (χ1n) is 13.7. The van der Waals surface area contributed by atoms with Gasteiger partial charge in [-0.15, -0.1) is 0 Å². The quantitative estimate of drug-likeness (QED) is 0.190. The van der Waals surface area contributed by atoms with Crippen molar-refractivity contribution >= 4 is 30.0 Å². The Morgan fingerprint density at radius 2 is 1.59 bits per heavy atom. The van der Waals surface area contributed by atoms with Crippen molar-refractivity contribution in [2.75, 3.05) is 0 Å². The lowest BCUT2D eigenvalue weighted by molar-refractivity contribution is 0.0469. The minimum absolute atomic E-state index is 0.0840. The lowest BCUT2D eigenvalue weighted by atomic mass is 9.87. The van der Waals surface area contributed by atoms with Crippen LogP contribution in [-0.2, 0) is 0 Å². The highest BCUT2D eigenvalue weighted by atomic mass is 79.9. The molecule has 2 rings (SSSR count). The minimum Gasteiger partial charge on any atom is -0.543 e. The van der Waals surface area contributed by atoms with E-state index in [0.717, 1.165) is 48.7 Å². The largest absolute Gasteiger partial charge is 0.543 e. The number of rotatable bonds is 11. The van der Waals surface area contributed by atoms with Gasteiger partial charge in [-0.05, 0) is 119 Å². The van der Waals surface area contributed by atoms with Crippen LogP contribution in [0, 0.1) is 0 Å². The number of halogens is 1. The fourth-order valence-electron chi connectivity index (χ4n) is 4.21. The average Bonchev–Trinajstić information content (AvgIpc) is 2.73. The molecule has 3 nitrogen and oxygen atoms in total. The van der Waals surface area contributed by atoms with Gasteiger partial charge in [0.2, 0.25) is 8.32 Å². The molecule has 0 saturated heterocycles. The number of benzene rings is 1. The van der Waals surface area contributed by atoms with Crippen molar-refractivity contribution in [1.29, 1.82) is 0 Å². The lowest BCUT2D eigenvalue weighted by Crippen LogP contribution is -2.44. The predicted octanol–water partition coefficient (Wildman–Crippen LogP) is 10.8. The van der Waals surface area contributed by atoms with E-state index < -0.39 is 13.9 Å². The Labute approximate surface area is 236 Å². The number of carbonyl (C=O) groups is 1. The van der Waals surface area contributed by atoms with Crippen LogP contribution in [-0.4, -0.2) is 19.7 Å². The van der Waals surface area contributed by atoms with E-state index in [0.29, 0.717) is 17.7 Å². The summed E-state index contributed by atoms with van der Waals surface area (Å²) in [5, 5.41) is 0.0840. The van der Waals surface area contributed by atoms with Crippen LogP contribution in [0.5, 0.6) is 11.5 Å². The fourth-order valence-corrected chi connectivity index (χ4v) is 5.74. The van der Waals surface area contributed by atoms with E-state index in [1.54, 1.807) is 0 Å². The molecule has 206 valence electrons. The number of hydrogen-bond acceptors (Lipinski definition) is 3. The molecule has 0 spiro atoms. The zero-order chi connectivity index (χ0) is 28.0. The van der Waals surface area contributed by atoms with Crippen LogP contribution in [0.1, 0.15) is 111 Å². The zero-order valence-corrected chi connectivity index (χ0v) is 27.5. The third-order valence-corrected chi connectivity index (χ3v) is 12.6. The Morgan fingerprint density at radius 3 is 2.16 bits per heavy atom. The van der Waals surface area contributed by atoms with Gasteiger partial charge < -0.3 is 9.16 Å². The van der Waals surface area contributed by atoms with Crippen molar-refractivity contribution in [2.24, 2.45) is 0 Å². The Kier molecular flexibility index (Phi) is 11.1. The van der Waals surface area contributed by atoms with E-state index in [4.69, 9.17) is 9.16 Å². The topological polar surface area (TPSA) is 35.5 Å². The molecule has 37 heavy (non-hydrogen) atoms. The summed E-state index contributed by atoms with van der Waals surface area (Å²) in [6.45, 7) is 21.9. The smallest absolute Gasteiger partial charge is 0.250 e. The molecule has 0 amide bonds. The summed E-state index contributed by atoms with van der Waals surface area (Å²) >= 11 is 3.66. The van der Waals surface area contributed by atoms with Gasteiger partial charge in [-0.3, -0.25) is 4.79 Å². The Bertz CT molecular complexity index is 1050. The van der Waals surface area contributed by atoms with E-state index in [9.17, 15) is 4.79 Å². The van der Waals surface area contributed by atoms with Crippen LogP contribution in [0.25, 0.3) is 0 Å². The van der Waals surface area contributed by atoms with Gasteiger partial charge in [-0.1, -0.05) is 55.7 Å². The number of ketones is 1. The molecule has 1 atom stereocenters. The van der Waals surface area contributed by atoms with Crippen molar-refractivity contribution in [3.05, 3.63) is 57.1 Å². The van der Waals surface area contributed by atoms with Gasteiger partial charge >= 0.3 is 0 Å².